The average molecular weight is 352 g/mol. The molecule has 0 saturated carbocycles. The molecule has 8 heteroatoms. The van der Waals surface area contributed by atoms with Crippen molar-refractivity contribution < 1.29 is 18.0 Å². The molecule has 1 aromatic heterocycles. The fourth-order valence-electron chi connectivity index (χ4n) is 2.97. The Kier molecular flexibility index (Phi) is 4.80. The summed E-state index contributed by atoms with van der Waals surface area (Å²) in [4.78, 5) is 12.4. The van der Waals surface area contributed by atoms with E-state index >= 15 is 0 Å². The number of hydrogen-bond acceptors (Lipinski definition) is 3. The van der Waals surface area contributed by atoms with Crippen LogP contribution in [0.1, 0.15) is 24.1 Å². The van der Waals surface area contributed by atoms with E-state index in [1.54, 1.807) is 13.0 Å². The molecule has 0 radical (unpaired) electrons. The van der Waals surface area contributed by atoms with Crippen LogP contribution in [0.5, 0.6) is 0 Å². The van der Waals surface area contributed by atoms with Crippen LogP contribution in [0, 0.1) is 12.8 Å². The van der Waals surface area contributed by atoms with E-state index < -0.39 is 11.7 Å². The highest BCUT2D eigenvalue weighted by atomic mass is 19.4. The third-order valence-corrected chi connectivity index (χ3v) is 4.19. The van der Waals surface area contributed by atoms with Crippen molar-refractivity contribution in [1.29, 1.82) is 0 Å². The van der Waals surface area contributed by atoms with E-state index in [1.807, 2.05) is 0 Å². The van der Waals surface area contributed by atoms with Crippen LogP contribution in [-0.4, -0.2) is 28.8 Å². The van der Waals surface area contributed by atoms with Gasteiger partial charge in [-0.15, -0.1) is 0 Å². The van der Waals surface area contributed by atoms with Gasteiger partial charge in [-0.2, -0.15) is 18.3 Å². The van der Waals surface area contributed by atoms with E-state index in [4.69, 9.17) is 0 Å². The first-order valence-electron chi connectivity index (χ1n) is 8.11. The lowest BCUT2D eigenvalue weighted by Crippen LogP contribution is -2.37. The van der Waals surface area contributed by atoms with E-state index in [-0.39, 0.29) is 23.3 Å². The molecule has 1 amide bonds. The quantitative estimate of drug-likeness (QED) is 0.892. The maximum absolute atomic E-state index is 13.3. The molecule has 2 aromatic rings. The lowest BCUT2D eigenvalue weighted by molar-refractivity contribution is -0.137. The number of carbonyl (C=O) groups excluding carboxylic acids is 1. The molecule has 134 valence electrons. The SMILES string of the molecule is Cc1cc(NC(=O)C2CCCNC2)n(-c2ccccc2C(F)(F)F)n1. The fourth-order valence-corrected chi connectivity index (χ4v) is 2.97. The summed E-state index contributed by atoms with van der Waals surface area (Å²) in [5.74, 6) is -0.169. The zero-order valence-corrected chi connectivity index (χ0v) is 13.7. The summed E-state index contributed by atoms with van der Waals surface area (Å²) >= 11 is 0. The van der Waals surface area contributed by atoms with Gasteiger partial charge in [-0.05, 0) is 38.4 Å². The lowest BCUT2D eigenvalue weighted by Gasteiger charge is -2.22. The Balaban J connectivity index is 1.93. The van der Waals surface area contributed by atoms with Crippen LogP contribution in [0.3, 0.4) is 0 Å². The summed E-state index contributed by atoms with van der Waals surface area (Å²) in [5.41, 5.74) is -0.387. The first-order valence-corrected chi connectivity index (χ1v) is 8.11. The summed E-state index contributed by atoms with van der Waals surface area (Å²) in [6.45, 7) is 3.11. The monoisotopic (exact) mass is 352 g/mol. The van der Waals surface area contributed by atoms with Gasteiger partial charge in [-0.1, -0.05) is 12.1 Å². The number of carbonyl (C=O) groups is 1. The van der Waals surface area contributed by atoms with E-state index in [9.17, 15) is 18.0 Å². The topological polar surface area (TPSA) is 59.0 Å². The molecule has 1 saturated heterocycles. The highest BCUT2D eigenvalue weighted by Crippen LogP contribution is 2.34. The Morgan fingerprint density at radius 2 is 2.12 bits per heavy atom. The van der Waals surface area contributed by atoms with Gasteiger partial charge in [-0.3, -0.25) is 4.79 Å². The van der Waals surface area contributed by atoms with Crippen LogP contribution in [-0.2, 0) is 11.0 Å². The minimum Gasteiger partial charge on any atom is -0.316 e. The third kappa shape index (κ3) is 3.84. The van der Waals surface area contributed by atoms with Crippen LogP contribution in [0.4, 0.5) is 19.0 Å². The summed E-state index contributed by atoms with van der Waals surface area (Å²) < 4.78 is 41.0. The molecule has 25 heavy (non-hydrogen) atoms. The molecule has 1 aliphatic rings. The Morgan fingerprint density at radius 1 is 1.36 bits per heavy atom. The molecule has 2 heterocycles. The number of aryl methyl sites for hydroxylation is 1. The van der Waals surface area contributed by atoms with Crippen LogP contribution in [0.2, 0.25) is 0 Å². The Labute approximate surface area is 143 Å². The molecule has 0 spiro atoms. The number of amides is 1. The number of benzene rings is 1. The van der Waals surface area contributed by atoms with Crippen LogP contribution in [0.15, 0.2) is 30.3 Å². The van der Waals surface area contributed by atoms with Gasteiger partial charge in [0.25, 0.3) is 0 Å². The van der Waals surface area contributed by atoms with Crippen molar-refractivity contribution in [2.75, 3.05) is 18.4 Å². The molecular weight excluding hydrogens is 333 g/mol. The molecular formula is C17H19F3N4O. The molecule has 1 fully saturated rings. The van der Waals surface area contributed by atoms with Crippen molar-refractivity contribution >= 4 is 11.7 Å². The van der Waals surface area contributed by atoms with Crippen molar-refractivity contribution in [2.45, 2.75) is 25.9 Å². The third-order valence-electron chi connectivity index (χ3n) is 4.19. The molecule has 2 N–H and O–H groups in total. The largest absolute Gasteiger partial charge is 0.418 e. The van der Waals surface area contributed by atoms with E-state index in [2.05, 4.69) is 15.7 Å². The van der Waals surface area contributed by atoms with Crippen molar-refractivity contribution in [1.82, 2.24) is 15.1 Å². The Hall–Kier alpha value is -2.35. The molecule has 3 rings (SSSR count). The lowest BCUT2D eigenvalue weighted by atomic mass is 9.99. The molecule has 0 bridgehead atoms. The second kappa shape index (κ2) is 6.87. The number of anilines is 1. The molecule has 1 unspecified atom stereocenters. The highest BCUT2D eigenvalue weighted by Gasteiger charge is 2.34. The second-order valence-corrected chi connectivity index (χ2v) is 6.13. The standard InChI is InChI=1S/C17H19F3N4O/c1-11-9-15(22-16(25)12-5-4-8-21-10-12)24(23-11)14-7-3-2-6-13(14)17(18,19)20/h2-3,6-7,9,12,21H,4-5,8,10H2,1H3,(H,22,25). The van der Waals surface area contributed by atoms with Crippen molar-refractivity contribution in [2.24, 2.45) is 5.92 Å². The number of halogens is 3. The number of nitrogens with one attached hydrogen (secondary N) is 2. The number of nitrogens with zero attached hydrogens (tertiary/aromatic N) is 2. The zero-order chi connectivity index (χ0) is 18.0. The summed E-state index contributed by atoms with van der Waals surface area (Å²) in [5, 5.41) is 10.0. The fraction of sp³-hybridized carbons (Fsp3) is 0.412. The zero-order valence-electron chi connectivity index (χ0n) is 13.7. The molecule has 5 nitrogen and oxygen atoms in total. The average Bonchev–Trinajstić information content (AvgIpc) is 2.95. The van der Waals surface area contributed by atoms with Crippen molar-refractivity contribution in [3.63, 3.8) is 0 Å². The van der Waals surface area contributed by atoms with Crippen molar-refractivity contribution in [3.8, 4) is 5.69 Å². The predicted octanol–water partition coefficient (Wildman–Crippen LogP) is 3.14. The number of hydrogen-bond donors (Lipinski definition) is 2. The Morgan fingerprint density at radius 3 is 2.80 bits per heavy atom. The van der Waals surface area contributed by atoms with Crippen molar-refractivity contribution in [3.05, 3.63) is 41.6 Å². The smallest absolute Gasteiger partial charge is 0.316 e. The predicted molar refractivity (Wildman–Crippen MR) is 87.5 cm³/mol. The first kappa shape index (κ1) is 17.5. The van der Waals surface area contributed by atoms with Gasteiger partial charge < -0.3 is 10.6 Å². The molecule has 1 aromatic carbocycles. The van der Waals surface area contributed by atoms with Gasteiger partial charge in [0.05, 0.1) is 22.9 Å². The maximum atomic E-state index is 13.3. The van der Waals surface area contributed by atoms with E-state index in [0.29, 0.717) is 12.2 Å². The van der Waals surface area contributed by atoms with Gasteiger partial charge in [0.2, 0.25) is 5.91 Å². The molecule has 1 atom stereocenters. The van der Waals surface area contributed by atoms with E-state index in [0.717, 1.165) is 30.1 Å². The molecule has 1 aliphatic heterocycles. The summed E-state index contributed by atoms with van der Waals surface area (Å²) in [7, 11) is 0. The molecule has 0 aliphatic carbocycles. The number of alkyl halides is 3. The first-order chi connectivity index (χ1) is 11.9. The number of piperidine rings is 1. The van der Waals surface area contributed by atoms with Gasteiger partial charge >= 0.3 is 6.18 Å². The Bertz CT molecular complexity index is 763. The maximum Gasteiger partial charge on any atom is 0.418 e. The number of para-hydroxylation sites is 1. The number of rotatable bonds is 3. The summed E-state index contributed by atoms with van der Waals surface area (Å²) in [6.07, 6.45) is -2.86. The highest BCUT2D eigenvalue weighted by molar-refractivity contribution is 5.92. The van der Waals surface area contributed by atoms with Crippen LogP contribution in [0.25, 0.3) is 5.69 Å². The van der Waals surface area contributed by atoms with Crippen LogP contribution < -0.4 is 10.6 Å². The second-order valence-electron chi connectivity index (χ2n) is 6.13. The van der Waals surface area contributed by atoms with Gasteiger partial charge in [0.15, 0.2) is 0 Å². The minimum absolute atomic E-state index is 0.111. The van der Waals surface area contributed by atoms with E-state index in [1.165, 1.54) is 18.2 Å². The van der Waals surface area contributed by atoms with Gasteiger partial charge in [0.1, 0.15) is 5.82 Å². The van der Waals surface area contributed by atoms with Crippen LogP contribution >= 0.6 is 0 Å². The number of aromatic nitrogens is 2. The van der Waals surface area contributed by atoms with Gasteiger partial charge in [-0.25, -0.2) is 4.68 Å². The normalized spacial score (nSPS) is 18.2. The summed E-state index contributed by atoms with van der Waals surface area (Å²) in [6, 6.07) is 6.75. The minimum atomic E-state index is -4.51. The van der Waals surface area contributed by atoms with Gasteiger partial charge in [0, 0.05) is 12.6 Å².